The van der Waals surface area contributed by atoms with Gasteiger partial charge in [-0.15, -0.1) is 15.9 Å². The number of benzene rings is 16. The molecule has 0 unspecified atom stereocenters. The van der Waals surface area contributed by atoms with Crippen LogP contribution in [0.2, 0.25) is 0 Å². The Labute approximate surface area is 696 Å². The molecule has 1 aliphatic carbocycles. The van der Waals surface area contributed by atoms with Crippen LogP contribution in [0.1, 0.15) is 22.3 Å². The van der Waals surface area contributed by atoms with Crippen molar-refractivity contribution < 1.29 is 13.4 Å². The number of furan rings is 2. The molecular formula is C106H65N10O2S2+. The van der Waals surface area contributed by atoms with Gasteiger partial charge < -0.3 is 8.83 Å². The zero-order valence-corrected chi connectivity index (χ0v) is 65.8. The highest BCUT2D eigenvalue weighted by atomic mass is 32.1. The lowest BCUT2D eigenvalue weighted by molar-refractivity contribution is -0.550. The normalized spacial score (nSPS) is 12.2. The fraction of sp³-hybridized carbons (Fsp3) is 0.00943. The standard InChI is InChI=1S/C59H37N5O.C47H28N5OS2/c1-5-20-38(21-6-1)55-61-56(44-30-18-34-48-52(44)42-28-13-14-33-47(42)59(48,39-22-7-2-8-23-39)40-24-9-3-10-25-40)63-57(62-55)45-31-19-37-51-53(45)43-29-17-32-46(54(43)65-51)58-60-49-35-15-16-36-50(49)64(58)41-26-11-4-12-27-41;1-3-13-29(14-4-1)43-49-44(30-25-27-31(28-26-30)46-48-36-20-7-9-23-39(36)54-46)51-45(50-43)34-18-12-22-38-41(34)33-17-11-19-35(42(33)53-38)47-52(32-15-5-2-6-16-32)37-21-8-10-24-40(37)55-47/h1-37H;1-28H/q;+1. The van der Waals surface area contributed by atoms with E-state index in [1.165, 1.54) is 31.7 Å². The molecule has 0 bridgehead atoms. The SMILES string of the molecule is c1ccc(-c2nc(-c3ccc(-c4nc5ccccc5s4)cc3)nc(-c3cccc4oc5c(-c6sc7ccccc7[n+]6-c6ccccc6)cccc5c34)n2)cc1.c1ccc(-c2nc(-c3cccc4c3-c3ccccc3C4(c3ccccc3)c3ccccc3)nc(-c3cccc4oc5c(-c6nc7ccccc7n6-c6ccccc6)cccc5c34)n2)cc1. The second-order valence-corrected chi connectivity index (χ2v) is 31.8. The van der Waals surface area contributed by atoms with Gasteiger partial charge in [0.15, 0.2) is 34.9 Å². The van der Waals surface area contributed by atoms with Gasteiger partial charge in [0, 0.05) is 84.4 Å². The minimum Gasteiger partial charge on any atom is -0.455 e. The summed E-state index contributed by atoms with van der Waals surface area (Å²) in [5.74, 6) is 4.34. The summed E-state index contributed by atoms with van der Waals surface area (Å²) in [6.45, 7) is 0. The van der Waals surface area contributed by atoms with Gasteiger partial charge in [0.2, 0.25) is 11.2 Å². The topological polar surface area (TPSA) is 138 Å². The molecule has 0 spiro atoms. The predicted molar refractivity (Wildman–Crippen MR) is 485 cm³/mol. The number of nitrogens with zero attached hydrogens (tertiary/aromatic N) is 10. The fourth-order valence-electron chi connectivity index (χ4n) is 17.6. The van der Waals surface area contributed by atoms with E-state index in [0.29, 0.717) is 34.9 Å². The molecule has 0 amide bonds. The summed E-state index contributed by atoms with van der Waals surface area (Å²) in [7, 11) is 0. The first-order valence-corrected chi connectivity index (χ1v) is 41.5. The summed E-state index contributed by atoms with van der Waals surface area (Å²) < 4.78 is 20.6. The van der Waals surface area contributed by atoms with Crippen molar-refractivity contribution in [3.05, 3.63) is 417 Å². The van der Waals surface area contributed by atoms with E-state index in [1.54, 1.807) is 22.7 Å². The maximum absolute atomic E-state index is 6.90. The van der Waals surface area contributed by atoms with Crippen LogP contribution in [0.5, 0.6) is 0 Å². The molecule has 1 aliphatic rings. The van der Waals surface area contributed by atoms with Gasteiger partial charge in [0.1, 0.15) is 43.4 Å². The van der Waals surface area contributed by atoms with Gasteiger partial charge >= 0.3 is 0 Å². The molecule has 24 rings (SSSR count). The second-order valence-electron chi connectivity index (χ2n) is 29.7. The molecule has 14 heteroatoms. The zero-order chi connectivity index (χ0) is 79.2. The summed E-state index contributed by atoms with van der Waals surface area (Å²) in [4.78, 5) is 41.4. The van der Waals surface area contributed by atoms with Crippen LogP contribution >= 0.6 is 22.7 Å². The number of aromatic nitrogens is 10. The van der Waals surface area contributed by atoms with Crippen molar-refractivity contribution in [3.8, 4) is 123 Å². The minimum atomic E-state index is -0.567. The third kappa shape index (κ3) is 11.7. The first-order chi connectivity index (χ1) is 59.5. The first-order valence-electron chi connectivity index (χ1n) is 39.9. The molecule has 12 nitrogen and oxygen atoms in total. The second kappa shape index (κ2) is 29.0. The van der Waals surface area contributed by atoms with Crippen molar-refractivity contribution in [3.63, 3.8) is 0 Å². The first kappa shape index (κ1) is 69.9. The van der Waals surface area contributed by atoms with Crippen LogP contribution in [0.15, 0.2) is 403 Å². The minimum absolute atomic E-state index is 0.561. The van der Waals surface area contributed by atoms with Crippen LogP contribution in [0.25, 0.3) is 199 Å². The molecule has 120 heavy (non-hydrogen) atoms. The van der Waals surface area contributed by atoms with Crippen LogP contribution in [-0.2, 0) is 5.41 Å². The number of imidazole rings is 1. The van der Waals surface area contributed by atoms with Crippen molar-refractivity contribution in [2.75, 3.05) is 0 Å². The Morgan fingerprint density at radius 2 is 0.733 bits per heavy atom. The Kier molecular flexibility index (Phi) is 16.9. The molecule has 7 heterocycles. The van der Waals surface area contributed by atoms with Crippen molar-refractivity contribution in [2.24, 2.45) is 0 Å². The van der Waals surface area contributed by atoms with Crippen LogP contribution in [0, 0.1) is 0 Å². The van der Waals surface area contributed by atoms with Crippen molar-refractivity contribution >= 4 is 98.0 Å². The van der Waals surface area contributed by atoms with E-state index in [2.05, 4.69) is 306 Å². The molecule has 0 aliphatic heterocycles. The Morgan fingerprint density at radius 3 is 1.37 bits per heavy atom. The Balaban J connectivity index is 0.000000142. The summed E-state index contributed by atoms with van der Waals surface area (Å²) in [5, 5.41) is 5.93. The van der Waals surface area contributed by atoms with E-state index in [0.717, 1.165) is 154 Å². The summed E-state index contributed by atoms with van der Waals surface area (Å²) in [5.41, 5.74) is 24.2. The molecule has 562 valence electrons. The van der Waals surface area contributed by atoms with Gasteiger partial charge in [0.05, 0.1) is 32.2 Å². The number of hydrogen-bond donors (Lipinski definition) is 0. The van der Waals surface area contributed by atoms with Crippen molar-refractivity contribution in [2.45, 2.75) is 5.41 Å². The predicted octanol–water partition coefficient (Wildman–Crippen LogP) is 26.3. The van der Waals surface area contributed by atoms with Crippen LogP contribution in [0.4, 0.5) is 0 Å². The third-order valence-corrected chi connectivity index (χ3v) is 25.1. The van der Waals surface area contributed by atoms with E-state index < -0.39 is 5.41 Å². The summed E-state index contributed by atoms with van der Waals surface area (Å²) in [6.07, 6.45) is 0. The summed E-state index contributed by atoms with van der Waals surface area (Å²) in [6, 6.07) is 137. The van der Waals surface area contributed by atoms with E-state index in [4.69, 9.17) is 48.7 Å². The highest BCUT2D eigenvalue weighted by molar-refractivity contribution is 7.21. The van der Waals surface area contributed by atoms with Gasteiger partial charge in [-0.25, -0.2) is 39.9 Å². The molecule has 16 aromatic carbocycles. The molecule has 0 N–H and O–H groups in total. The Bertz CT molecular complexity index is 7830. The van der Waals surface area contributed by atoms with Gasteiger partial charge in [0.25, 0.3) is 5.01 Å². The molecule has 0 atom stereocenters. The molecular weight excluding hydrogens is 1510 g/mol. The average Bonchev–Trinajstić information content (AvgIpc) is 1.52. The van der Waals surface area contributed by atoms with Gasteiger partial charge in [-0.3, -0.25) is 4.57 Å². The van der Waals surface area contributed by atoms with E-state index in [-0.39, 0.29) is 0 Å². The van der Waals surface area contributed by atoms with Gasteiger partial charge in [-0.2, -0.15) is 0 Å². The highest BCUT2D eigenvalue weighted by Crippen LogP contribution is 2.58. The summed E-state index contributed by atoms with van der Waals surface area (Å²) >= 11 is 3.46. The average molecular weight is 1570 g/mol. The third-order valence-electron chi connectivity index (χ3n) is 22.8. The largest absolute Gasteiger partial charge is 0.455 e. The van der Waals surface area contributed by atoms with Crippen LogP contribution in [-0.4, -0.2) is 44.4 Å². The Morgan fingerprint density at radius 1 is 0.292 bits per heavy atom. The molecule has 0 fully saturated rings. The number of para-hydroxylation sites is 8. The molecule has 23 aromatic rings. The van der Waals surface area contributed by atoms with E-state index in [1.807, 2.05) is 97.1 Å². The van der Waals surface area contributed by atoms with Crippen LogP contribution in [0.3, 0.4) is 0 Å². The van der Waals surface area contributed by atoms with Gasteiger partial charge in [-0.1, -0.05) is 321 Å². The number of fused-ring (bicyclic) bond motifs is 12. The maximum atomic E-state index is 6.90. The number of hydrogen-bond acceptors (Lipinski definition) is 12. The van der Waals surface area contributed by atoms with Crippen molar-refractivity contribution in [1.82, 2.24) is 44.4 Å². The highest BCUT2D eigenvalue weighted by Gasteiger charge is 2.47. The molecule has 7 aromatic heterocycles. The smallest absolute Gasteiger partial charge is 0.279 e. The fourth-order valence-corrected chi connectivity index (χ4v) is 19.7. The van der Waals surface area contributed by atoms with E-state index in [9.17, 15) is 0 Å². The molecule has 0 saturated heterocycles. The number of rotatable bonds is 13. The molecule has 0 radical (unpaired) electrons. The monoisotopic (exact) mass is 1570 g/mol. The lowest BCUT2D eigenvalue weighted by Crippen LogP contribution is -2.31. The molecule has 0 saturated carbocycles. The van der Waals surface area contributed by atoms with E-state index >= 15 is 0 Å². The Hall–Kier alpha value is -15.6. The lowest BCUT2D eigenvalue weighted by Gasteiger charge is -2.33. The van der Waals surface area contributed by atoms with Gasteiger partial charge in [-0.05, 0) is 100 Å². The quantitative estimate of drug-likeness (QED) is 0.103. The van der Waals surface area contributed by atoms with Crippen molar-refractivity contribution in [1.29, 1.82) is 0 Å². The lowest BCUT2D eigenvalue weighted by atomic mass is 9.67. The van der Waals surface area contributed by atoms with Crippen LogP contribution < -0.4 is 4.57 Å². The maximum Gasteiger partial charge on any atom is 0.279 e. The number of thiazole rings is 2. The zero-order valence-electron chi connectivity index (χ0n) is 64.1.